The zero-order chi connectivity index (χ0) is 16.5. The maximum atomic E-state index is 13.5. The van der Waals surface area contributed by atoms with Crippen molar-refractivity contribution >= 4 is 32.5 Å². The lowest BCUT2D eigenvalue weighted by Crippen LogP contribution is -2.23. The monoisotopic (exact) mass is 351 g/mol. The van der Waals surface area contributed by atoms with Crippen LogP contribution in [0.15, 0.2) is 23.2 Å². The van der Waals surface area contributed by atoms with Crippen molar-refractivity contribution in [3.8, 4) is 0 Å². The summed E-state index contributed by atoms with van der Waals surface area (Å²) in [6.07, 6.45) is 0.592. The molecule has 0 spiro atoms. The Bertz CT molecular complexity index is 813. The van der Waals surface area contributed by atoms with Crippen LogP contribution >= 0.6 is 11.3 Å². The highest BCUT2D eigenvalue weighted by atomic mass is 32.2. The Kier molecular flexibility index (Phi) is 4.37. The van der Waals surface area contributed by atoms with Crippen molar-refractivity contribution in [2.75, 3.05) is 4.72 Å². The number of aliphatic carboxylic acids is 1. The molecule has 1 aromatic carbocycles. The molecule has 0 fully saturated rings. The zero-order valence-corrected chi connectivity index (χ0v) is 12.1. The third-order valence-electron chi connectivity index (χ3n) is 2.33. The van der Waals surface area contributed by atoms with E-state index in [0.717, 1.165) is 6.20 Å². The first-order chi connectivity index (χ1) is 10.2. The molecule has 0 atom stereocenters. The third kappa shape index (κ3) is 3.54. The van der Waals surface area contributed by atoms with E-state index in [1.54, 1.807) is 4.72 Å². The van der Waals surface area contributed by atoms with E-state index in [-0.39, 0.29) is 22.1 Å². The van der Waals surface area contributed by atoms with E-state index < -0.39 is 44.8 Å². The van der Waals surface area contributed by atoms with Crippen LogP contribution in [-0.4, -0.2) is 19.4 Å². The molecule has 0 aliphatic carbocycles. The quantitative estimate of drug-likeness (QED) is 0.853. The molecule has 6 nitrogen and oxygen atoms in total. The van der Waals surface area contributed by atoms with E-state index >= 15 is 0 Å². The van der Waals surface area contributed by atoms with Gasteiger partial charge in [0.2, 0.25) is 0 Å². The average molecular weight is 351 g/mol. The summed E-state index contributed by atoms with van der Waals surface area (Å²) in [7, 11) is -4.69. The Morgan fingerprint density at radius 1 is 1.27 bits per heavy atom. The SMILES string of the molecule is O=C([O-])Cc1cnc(NS(=O)(=O)c2c(F)cc(F)cc2F)s1. The van der Waals surface area contributed by atoms with Crippen LogP contribution in [0.1, 0.15) is 4.88 Å². The first kappa shape index (κ1) is 16.2. The number of anilines is 1. The minimum absolute atomic E-state index is 0.178. The third-order valence-corrected chi connectivity index (χ3v) is 4.76. The summed E-state index contributed by atoms with van der Waals surface area (Å²) in [6, 6.07) is 0.446. The normalized spacial score (nSPS) is 11.4. The molecule has 1 N–H and O–H groups in total. The van der Waals surface area contributed by atoms with E-state index in [4.69, 9.17) is 0 Å². The van der Waals surface area contributed by atoms with Gasteiger partial charge in [-0.3, -0.25) is 4.72 Å². The second-order valence-electron chi connectivity index (χ2n) is 3.98. The number of hydrogen-bond acceptors (Lipinski definition) is 6. The Morgan fingerprint density at radius 3 is 2.41 bits per heavy atom. The van der Waals surface area contributed by atoms with Gasteiger partial charge in [-0.15, -0.1) is 11.3 Å². The lowest BCUT2D eigenvalue weighted by molar-refractivity contribution is -0.304. The van der Waals surface area contributed by atoms with Gasteiger partial charge in [0.1, 0.15) is 17.5 Å². The largest absolute Gasteiger partial charge is 0.550 e. The second-order valence-corrected chi connectivity index (χ2v) is 6.72. The summed E-state index contributed by atoms with van der Waals surface area (Å²) in [5.74, 6) is -5.86. The number of carbonyl (C=O) groups excluding carboxylic acids is 1. The minimum Gasteiger partial charge on any atom is -0.550 e. The van der Waals surface area contributed by atoms with E-state index in [2.05, 4.69) is 4.98 Å². The van der Waals surface area contributed by atoms with Crippen molar-refractivity contribution in [1.29, 1.82) is 0 Å². The van der Waals surface area contributed by atoms with Crippen LogP contribution in [0.3, 0.4) is 0 Å². The van der Waals surface area contributed by atoms with Crippen molar-refractivity contribution in [3.63, 3.8) is 0 Å². The van der Waals surface area contributed by atoms with Gasteiger partial charge in [0.05, 0.1) is 0 Å². The fourth-order valence-corrected chi connectivity index (χ4v) is 3.69. The maximum absolute atomic E-state index is 13.5. The lowest BCUT2D eigenvalue weighted by Gasteiger charge is -2.07. The van der Waals surface area contributed by atoms with Gasteiger partial charge in [-0.25, -0.2) is 26.6 Å². The second kappa shape index (κ2) is 5.93. The predicted octanol–water partition coefficient (Wildman–Crippen LogP) is 0.654. The van der Waals surface area contributed by atoms with Crippen LogP contribution in [0.25, 0.3) is 0 Å². The fourth-order valence-electron chi connectivity index (χ4n) is 1.53. The number of carbonyl (C=O) groups is 1. The molecular weight excluding hydrogens is 345 g/mol. The topological polar surface area (TPSA) is 99.2 Å². The minimum atomic E-state index is -4.69. The Labute approximate surface area is 126 Å². The summed E-state index contributed by atoms with van der Waals surface area (Å²) in [5.41, 5.74) is 0. The Balaban J connectivity index is 2.32. The van der Waals surface area contributed by atoms with E-state index in [9.17, 15) is 31.5 Å². The zero-order valence-electron chi connectivity index (χ0n) is 10.5. The molecule has 0 radical (unpaired) electrons. The van der Waals surface area contributed by atoms with Crippen LogP contribution < -0.4 is 9.83 Å². The maximum Gasteiger partial charge on any atom is 0.269 e. The molecule has 2 aromatic rings. The lowest BCUT2D eigenvalue weighted by atomic mass is 10.3. The van der Waals surface area contributed by atoms with E-state index in [1.165, 1.54) is 0 Å². The van der Waals surface area contributed by atoms with Gasteiger partial charge in [-0.2, -0.15) is 0 Å². The molecule has 118 valence electrons. The van der Waals surface area contributed by atoms with Gasteiger partial charge in [0.25, 0.3) is 10.0 Å². The van der Waals surface area contributed by atoms with Gasteiger partial charge >= 0.3 is 0 Å². The number of sulfonamides is 1. The number of nitrogens with one attached hydrogen (secondary N) is 1. The molecule has 0 saturated carbocycles. The summed E-state index contributed by atoms with van der Waals surface area (Å²) in [4.78, 5) is 12.8. The molecule has 0 bridgehead atoms. The van der Waals surface area contributed by atoms with Gasteiger partial charge in [0.15, 0.2) is 10.0 Å². The van der Waals surface area contributed by atoms with Crippen molar-refractivity contribution in [3.05, 3.63) is 40.7 Å². The predicted molar refractivity (Wildman–Crippen MR) is 67.9 cm³/mol. The average Bonchev–Trinajstić information content (AvgIpc) is 2.72. The molecule has 0 unspecified atom stereocenters. The van der Waals surface area contributed by atoms with Crippen molar-refractivity contribution in [1.82, 2.24) is 4.98 Å². The van der Waals surface area contributed by atoms with Crippen molar-refractivity contribution < 1.29 is 31.5 Å². The number of nitrogens with zero attached hydrogens (tertiary/aromatic N) is 1. The van der Waals surface area contributed by atoms with Crippen molar-refractivity contribution in [2.45, 2.75) is 11.3 Å². The van der Waals surface area contributed by atoms with Crippen LogP contribution in [0.5, 0.6) is 0 Å². The van der Waals surface area contributed by atoms with E-state index in [1.807, 2.05) is 0 Å². The van der Waals surface area contributed by atoms with Crippen LogP contribution in [0.2, 0.25) is 0 Å². The Morgan fingerprint density at radius 2 is 1.86 bits per heavy atom. The van der Waals surface area contributed by atoms with Gasteiger partial charge < -0.3 is 9.90 Å². The number of hydrogen-bond donors (Lipinski definition) is 1. The summed E-state index contributed by atoms with van der Waals surface area (Å²) >= 11 is 0.656. The van der Waals surface area contributed by atoms with Gasteiger partial charge in [-0.1, -0.05) is 0 Å². The number of carboxylic acids is 1. The van der Waals surface area contributed by atoms with Crippen LogP contribution in [-0.2, 0) is 21.2 Å². The first-order valence-corrected chi connectivity index (χ1v) is 7.81. The molecule has 1 heterocycles. The van der Waals surface area contributed by atoms with Crippen LogP contribution in [0.4, 0.5) is 18.3 Å². The highest BCUT2D eigenvalue weighted by molar-refractivity contribution is 7.93. The summed E-state index contributed by atoms with van der Waals surface area (Å²) in [6.45, 7) is 0. The highest BCUT2D eigenvalue weighted by Crippen LogP contribution is 2.25. The number of aromatic nitrogens is 1. The molecule has 0 aliphatic rings. The number of carboxylic acid groups (broad SMARTS) is 1. The molecule has 2 rings (SSSR count). The molecule has 22 heavy (non-hydrogen) atoms. The number of halogens is 3. The molecular formula is C11H6F3N2O4S2-. The van der Waals surface area contributed by atoms with Gasteiger partial charge in [0, 0.05) is 35.6 Å². The first-order valence-electron chi connectivity index (χ1n) is 5.51. The standard InChI is InChI=1S/C11H7F3N2O4S2/c12-5-1-7(13)10(8(14)2-5)22(19,20)16-11-15-4-6(21-11)3-9(17)18/h1-2,4H,3H2,(H,15,16)(H,17,18)/p-1. The number of thiazole rings is 1. The highest BCUT2D eigenvalue weighted by Gasteiger charge is 2.26. The van der Waals surface area contributed by atoms with Crippen molar-refractivity contribution in [2.24, 2.45) is 0 Å². The molecule has 11 heteroatoms. The summed E-state index contributed by atoms with van der Waals surface area (Å²) in [5, 5.41) is 10.1. The molecule has 0 amide bonds. The fraction of sp³-hybridized carbons (Fsp3) is 0.0909. The molecule has 1 aromatic heterocycles. The number of benzene rings is 1. The Hall–Kier alpha value is -2.14. The number of rotatable bonds is 5. The van der Waals surface area contributed by atoms with E-state index in [0.29, 0.717) is 11.3 Å². The smallest absolute Gasteiger partial charge is 0.269 e. The van der Waals surface area contributed by atoms with Crippen LogP contribution in [0, 0.1) is 17.5 Å². The molecule has 0 saturated heterocycles. The van der Waals surface area contributed by atoms with Gasteiger partial charge in [-0.05, 0) is 0 Å². The molecule has 0 aliphatic heterocycles. The summed E-state index contributed by atoms with van der Waals surface area (Å²) < 4.78 is 65.4.